The van der Waals surface area contributed by atoms with E-state index in [4.69, 9.17) is 0 Å². The summed E-state index contributed by atoms with van der Waals surface area (Å²) in [5.41, 5.74) is 0. The molecular formula is C11H19NO. The molecule has 1 amide bonds. The van der Waals surface area contributed by atoms with Gasteiger partial charge in [0, 0.05) is 13.6 Å². The van der Waals surface area contributed by atoms with E-state index < -0.39 is 0 Å². The zero-order valence-corrected chi connectivity index (χ0v) is 8.46. The van der Waals surface area contributed by atoms with Gasteiger partial charge >= 0.3 is 0 Å². The lowest BCUT2D eigenvalue weighted by Crippen LogP contribution is -2.31. The fourth-order valence-corrected chi connectivity index (χ4v) is 2.00. The second-order valence-electron chi connectivity index (χ2n) is 3.93. The number of amides is 1. The van der Waals surface area contributed by atoms with Gasteiger partial charge in [-0.25, -0.2) is 0 Å². The average Bonchev–Trinajstić information content (AvgIpc) is 2.18. The van der Waals surface area contributed by atoms with Gasteiger partial charge < -0.3 is 4.90 Å². The molecule has 1 rings (SSSR count). The van der Waals surface area contributed by atoms with Gasteiger partial charge in [-0.05, 0) is 24.8 Å². The van der Waals surface area contributed by atoms with Crippen LogP contribution in [0.2, 0.25) is 0 Å². The first-order chi connectivity index (χ1) is 6.24. The van der Waals surface area contributed by atoms with Gasteiger partial charge in [0.15, 0.2) is 0 Å². The maximum Gasteiger partial charge on any atom is 0.245 e. The molecule has 0 spiro atoms. The third kappa shape index (κ3) is 3.21. The summed E-state index contributed by atoms with van der Waals surface area (Å²) in [6.07, 6.45) is 8.00. The largest absolute Gasteiger partial charge is 0.342 e. The molecule has 1 saturated carbocycles. The monoisotopic (exact) mass is 181 g/mol. The number of likely N-dealkylation sites (N-methyl/N-ethyl adjacent to an activating group) is 1. The Hall–Kier alpha value is -0.790. The molecular weight excluding hydrogens is 162 g/mol. The molecule has 0 bridgehead atoms. The molecule has 2 nitrogen and oxygen atoms in total. The summed E-state index contributed by atoms with van der Waals surface area (Å²) in [5, 5.41) is 0. The summed E-state index contributed by atoms with van der Waals surface area (Å²) < 4.78 is 0. The lowest BCUT2D eigenvalue weighted by Gasteiger charge is -2.26. The Bertz CT molecular complexity index is 183. The van der Waals surface area contributed by atoms with Crippen molar-refractivity contribution < 1.29 is 4.79 Å². The maximum atomic E-state index is 11.2. The average molecular weight is 181 g/mol. The van der Waals surface area contributed by atoms with Crippen LogP contribution in [0, 0.1) is 5.92 Å². The molecule has 0 radical (unpaired) electrons. The Labute approximate surface area is 80.6 Å². The Morgan fingerprint density at radius 3 is 2.62 bits per heavy atom. The van der Waals surface area contributed by atoms with E-state index in [1.807, 2.05) is 7.05 Å². The molecule has 2 heteroatoms. The molecule has 0 heterocycles. The highest BCUT2D eigenvalue weighted by Gasteiger charge is 2.16. The normalized spacial score (nSPS) is 18.2. The summed E-state index contributed by atoms with van der Waals surface area (Å²) in [6.45, 7) is 4.39. The summed E-state index contributed by atoms with van der Waals surface area (Å²) in [4.78, 5) is 13.0. The van der Waals surface area contributed by atoms with Crippen LogP contribution in [0.3, 0.4) is 0 Å². The van der Waals surface area contributed by atoms with Gasteiger partial charge in [-0.1, -0.05) is 25.8 Å². The SMILES string of the molecule is C=CC(=O)N(C)CC1CCCCC1. The molecule has 0 aromatic carbocycles. The molecule has 0 saturated heterocycles. The van der Waals surface area contributed by atoms with Crippen LogP contribution in [-0.2, 0) is 4.79 Å². The molecule has 0 N–H and O–H groups in total. The molecule has 0 aromatic heterocycles. The first-order valence-corrected chi connectivity index (χ1v) is 5.11. The van der Waals surface area contributed by atoms with Gasteiger partial charge in [-0.2, -0.15) is 0 Å². The Balaban J connectivity index is 2.29. The van der Waals surface area contributed by atoms with Crippen molar-refractivity contribution in [3.63, 3.8) is 0 Å². The van der Waals surface area contributed by atoms with Crippen LogP contribution in [0.25, 0.3) is 0 Å². The Morgan fingerprint density at radius 2 is 2.08 bits per heavy atom. The zero-order chi connectivity index (χ0) is 9.68. The van der Waals surface area contributed by atoms with E-state index >= 15 is 0 Å². The highest BCUT2D eigenvalue weighted by Crippen LogP contribution is 2.23. The third-order valence-electron chi connectivity index (χ3n) is 2.81. The Kier molecular flexibility index (Phi) is 4.00. The molecule has 74 valence electrons. The van der Waals surface area contributed by atoms with E-state index in [2.05, 4.69) is 6.58 Å². The third-order valence-corrected chi connectivity index (χ3v) is 2.81. The molecule has 1 fully saturated rings. The number of carbonyl (C=O) groups is 1. The minimum absolute atomic E-state index is 0.0468. The topological polar surface area (TPSA) is 20.3 Å². The molecule has 1 aliphatic carbocycles. The Morgan fingerprint density at radius 1 is 1.46 bits per heavy atom. The quantitative estimate of drug-likeness (QED) is 0.611. The van der Waals surface area contributed by atoms with Crippen molar-refractivity contribution >= 4 is 5.91 Å². The summed E-state index contributed by atoms with van der Waals surface area (Å²) in [7, 11) is 1.86. The molecule has 0 atom stereocenters. The maximum absolute atomic E-state index is 11.2. The molecule has 13 heavy (non-hydrogen) atoms. The lowest BCUT2D eigenvalue weighted by atomic mass is 9.89. The van der Waals surface area contributed by atoms with Crippen LogP contribution in [0.4, 0.5) is 0 Å². The molecule has 1 aliphatic rings. The number of hydrogen-bond donors (Lipinski definition) is 0. The van der Waals surface area contributed by atoms with Crippen LogP contribution in [-0.4, -0.2) is 24.4 Å². The predicted octanol–water partition coefficient (Wildman–Crippen LogP) is 2.21. The van der Waals surface area contributed by atoms with Crippen molar-refractivity contribution in [3.05, 3.63) is 12.7 Å². The number of nitrogens with zero attached hydrogens (tertiary/aromatic N) is 1. The van der Waals surface area contributed by atoms with Gasteiger partial charge in [-0.15, -0.1) is 0 Å². The van der Waals surface area contributed by atoms with Crippen LogP contribution in [0.1, 0.15) is 32.1 Å². The summed E-state index contributed by atoms with van der Waals surface area (Å²) >= 11 is 0. The number of hydrogen-bond acceptors (Lipinski definition) is 1. The highest BCUT2D eigenvalue weighted by atomic mass is 16.2. The summed E-state index contributed by atoms with van der Waals surface area (Å²) in [5.74, 6) is 0.772. The van der Waals surface area contributed by atoms with Crippen LogP contribution < -0.4 is 0 Å². The van der Waals surface area contributed by atoms with E-state index in [-0.39, 0.29) is 5.91 Å². The fraction of sp³-hybridized carbons (Fsp3) is 0.727. The number of carbonyl (C=O) groups excluding carboxylic acids is 1. The highest BCUT2D eigenvalue weighted by molar-refractivity contribution is 5.86. The standard InChI is InChI=1S/C11H19NO/c1-3-11(13)12(2)9-10-7-5-4-6-8-10/h3,10H,1,4-9H2,2H3. The van der Waals surface area contributed by atoms with Crippen molar-refractivity contribution in [3.8, 4) is 0 Å². The van der Waals surface area contributed by atoms with Crippen molar-refractivity contribution in [2.45, 2.75) is 32.1 Å². The van der Waals surface area contributed by atoms with Gasteiger partial charge in [0.2, 0.25) is 5.91 Å². The second-order valence-corrected chi connectivity index (χ2v) is 3.93. The van der Waals surface area contributed by atoms with E-state index in [0.717, 1.165) is 12.5 Å². The van der Waals surface area contributed by atoms with E-state index in [0.29, 0.717) is 0 Å². The molecule has 0 aromatic rings. The van der Waals surface area contributed by atoms with Crippen molar-refractivity contribution in [1.29, 1.82) is 0 Å². The van der Waals surface area contributed by atoms with Crippen LogP contribution in [0.15, 0.2) is 12.7 Å². The predicted molar refractivity (Wildman–Crippen MR) is 54.4 cm³/mol. The van der Waals surface area contributed by atoms with Gasteiger partial charge in [0.05, 0.1) is 0 Å². The van der Waals surface area contributed by atoms with E-state index in [1.54, 1.807) is 4.90 Å². The minimum Gasteiger partial charge on any atom is -0.342 e. The zero-order valence-electron chi connectivity index (χ0n) is 8.46. The number of rotatable bonds is 3. The van der Waals surface area contributed by atoms with Crippen molar-refractivity contribution in [1.82, 2.24) is 4.90 Å². The van der Waals surface area contributed by atoms with Crippen molar-refractivity contribution in [2.24, 2.45) is 5.92 Å². The minimum atomic E-state index is 0.0468. The lowest BCUT2D eigenvalue weighted by molar-refractivity contribution is -0.125. The van der Waals surface area contributed by atoms with Crippen molar-refractivity contribution in [2.75, 3.05) is 13.6 Å². The molecule has 0 unspecified atom stereocenters. The van der Waals surface area contributed by atoms with Crippen LogP contribution >= 0.6 is 0 Å². The van der Waals surface area contributed by atoms with Gasteiger partial charge in [0.25, 0.3) is 0 Å². The van der Waals surface area contributed by atoms with E-state index in [1.165, 1.54) is 38.2 Å². The van der Waals surface area contributed by atoms with E-state index in [9.17, 15) is 4.79 Å². The smallest absolute Gasteiger partial charge is 0.245 e. The van der Waals surface area contributed by atoms with Crippen LogP contribution in [0.5, 0.6) is 0 Å². The first kappa shape index (κ1) is 10.3. The fourth-order valence-electron chi connectivity index (χ4n) is 2.00. The van der Waals surface area contributed by atoms with Gasteiger partial charge in [-0.3, -0.25) is 4.79 Å². The first-order valence-electron chi connectivity index (χ1n) is 5.11. The summed E-state index contributed by atoms with van der Waals surface area (Å²) in [6, 6.07) is 0. The van der Waals surface area contributed by atoms with Gasteiger partial charge in [0.1, 0.15) is 0 Å². The molecule has 0 aliphatic heterocycles. The second kappa shape index (κ2) is 5.05.